The molecule has 0 fully saturated rings. The molecule has 17 heavy (non-hydrogen) atoms. The lowest BCUT2D eigenvalue weighted by Crippen LogP contribution is -2.17. The summed E-state index contributed by atoms with van der Waals surface area (Å²) in [6.45, 7) is 1.58. The van der Waals surface area contributed by atoms with E-state index in [1.807, 2.05) is 0 Å². The quantitative estimate of drug-likeness (QED) is 0.615. The molecule has 0 amide bonds. The molecule has 1 unspecified atom stereocenters. The first-order chi connectivity index (χ1) is 7.93. The minimum absolute atomic E-state index is 0.307. The van der Waals surface area contributed by atoms with Gasteiger partial charge in [-0.2, -0.15) is 11.8 Å². The lowest BCUT2D eigenvalue weighted by Gasteiger charge is -2.12. The minimum atomic E-state index is -3.20. The van der Waals surface area contributed by atoms with Gasteiger partial charge in [0, 0.05) is 23.3 Å². The summed E-state index contributed by atoms with van der Waals surface area (Å²) in [5.74, 6) is 7.82. The lowest BCUT2D eigenvalue weighted by molar-refractivity contribution is 0.589. The molecule has 1 aliphatic rings. The zero-order valence-electron chi connectivity index (χ0n) is 9.60. The number of anilines is 1. The summed E-state index contributed by atoms with van der Waals surface area (Å²) >= 11 is 1.71. The highest BCUT2D eigenvalue weighted by atomic mass is 32.2. The average molecular weight is 274 g/mol. The van der Waals surface area contributed by atoms with Gasteiger partial charge in [-0.15, -0.1) is 0 Å². The summed E-state index contributed by atoms with van der Waals surface area (Å²) in [6, 6.07) is 0. The fourth-order valence-electron chi connectivity index (χ4n) is 1.56. The fraction of sp³-hybridized carbons (Fsp3) is 0.556. The van der Waals surface area contributed by atoms with Gasteiger partial charge in [-0.1, -0.05) is 0 Å². The van der Waals surface area contributed by atoms with Crippen molar-refractivity contribution in [1.29, 1.82) is 0 Å². The first-order valence-corrected chi connectivity index (χ1v) is 8.17. The molecule has 0 saturated carbocycles. The molecule has 8 heteroatoms. The van der Waals surface area contributed by atoms with Crippen molar-refractivity contribution in [3.05, 3.63) is 17.1 Å². The molecule has 94 valence electrons. The summed E-state index contributed by atoms with van der Waals surface area (Å²) < 4.78 is 23.0. The maximum Gasteiger partial charge on any atom is 0.157 e. The van der Waals surface area contributed by atoms with Crippen molar-refractivity contribution in [3.8, 4) is 0 Å². The molecule has 0 saturated heterocycles. The van der Waals surface area contributed by atoms with Crippen LogP contribution in [0, 0.1) is 0 Å². The molecule has 1 atom stereocenters. The van der Waals surface area contributed by atoms with Crippen molar-refractivity contribution in [2.45, 2.75) is 23.7 Å². The van der Waals surface area contributed by atoms with Crippen molar-refractivity contribution >= 4 is 27.4 Å². The lowest BCUT2D eigenvalue weighted by atomic mass is 10.2. The summed E-state index contributed by atoms with van der Waals surface area (Å²) in [5.41, 5.74) is 4.37. The molecule has 6 nitrogen and oxygen atoms in total. The molecule has 2 heterocycles. The normalized spacial score (nSPS) is 16.6. The van der Waals surface area contributed by atoms with Gasteiger partial charge in [-0.05, 0) is 6.92 Å². The minimum Gasteiger partial charge on any atom is -0.308 e. The number of hydrogen-bond acceptors (Lipinski definition) is 7. The van der Waals surface area contributed by atoms with E-state index in [1.165, 1.54) is 6.26 Å². The van der Waals surface area contributed by atoms with Gasteiger partial charge >= 0.3 is 0 Å². The zero-order valence-corrected chi connectivity index (χ0v) is 11.2. The van der Waals surface area contributed by atoms with Crippen LogP contribution in [0.2, 0.25) is 0 Å². The monoisotopic (exact) mass is 274 g/mol. The van der Waals surface area contributed by atoms with E-state index in [4.69, 9.17) is 5.84 Å². The topological polar surface area (TPSA) is 98.0 Å². The molecule has 2 rings (SSSR count). The van der Waals surface area contributed by atoms with Crippen LogP contribution in [0.3, 0.4) is 0 Å². The molecule has 0 aromatic carbocycles. The van der Waals surface area contributed by atoms with E-state index in [1.54, 1.807) is 18.7 Å². The Kier molecular flexibility index (Phi) is 3.28. The molecule has 1 aromatic heterocycles. The van der Waals surface area contributed by atoms with E-state index in [-0.39, 0.29) is 0 Å². The maximum atomic E-state index is 11.5. The van der Waals surface area contributed by atoms with Gasteiger partial charge in [0.25, 0.3) is 0 Å². The average Bonchev–Trinajstić information content (AvgIpc) is 2.73. The highest BCUT2D eigenvalue weighted by molar-refractivity contribution is 7.98. The fourth-order valence-corrected chi connectivity index (χ4v) is 3.09. The van der Waals surface area contributed by atoms with Crippen molar-refractivity contribution in [2.24, 2.45) is 5.84 Å². The Bertz CT molecular complexity index is 544. The second-order valence-corrected chi connectivity index (χ2v) is 7.32. The van der Waals surface area contributed by atoms with Crippen LogP contribution in [-0.2, 0) is 21.3 Å². The van der Waals surface area contributed by atoms with Gasteiger partial charge in [0.15, 0.2) is 9.84 Å². The third-order valence-electron chi connectivity index (χ3n) is 2.74. The van der Waals surface area contributed by atoms with Gasteiger partial charge in [0.1, 0.15) is 16.9 Å². The van der Waals surface area contributed by atoms with Crippen LogP contribution in [0.15, 0.2) is 0 Å². The van der Waals surface area contributed by atoms with Crippen molar-refractivity contribution in [3.63, 3.8) is 0 Å². The van der Waals surface area contributed by atoms with Gasteiger partial charge in [0.2, 0.25) is 0 Å². The molecule has 0 bridgehead atoms. The van der Waals surface area contributed by atoms with Crippen LogP contribution < -0.4 is 11.3 Å². The first kappa shape index (κ1) is 12.6. The predicted molar refractivity (Wildman–Crippen MR) is 68.1 cm³/mol. The molecular formula is C9H14N4O2S2. The summed E-state index contributed by atoms with van der Waals surface area (Å²) in [5, 5.41) is -0.717. The number of thioether (sulfide) groups is 1. The third-order valence-corrected chi connectivity index (χ3v) is 5.20. The Labute approximate surface area is 104 Å². The third kappa shape index (κ3) is 2.38. The molecular weight excluding hydrogens is 260 g/mol. The van der Waals surface area contributed by atoms with Gasteiger partial charge in [-0.3, -0.25) is 0 Å². The van der Waals surface area contributed by atoms with Crippen molar-refractivity contribution in [2.75, 3.05) is 11.7 Å². The standard InChI is InChI=1S/C9H14N4O2S2/c1-5(17(2,14)15)8-11-7-4-16-3-6(7)9(12-8)13-10/h5H,3-4,10H2,1-2H3,(H,11,12,13). The number of aromatic nitrogens is 2. The number of hydrogen-bond donors (Lipinski definition) is 2. The summed E-state index contributed by atoms with van der Waals surface area (Å²) in [7, 11) is -3.20. The van der Waals surface area contributed by atoms with Crippen LogP contribution in [0.5, 0.6) is 0 Å². The second kappa shape index (κ2) is 4.43. The van der Waals surface area contributed by atoms with Crippen molar-refractivity contribution < 1.29 is 8.42 Å². The highest BCUT2D eigenvalue weighted by Crippen LogP contribution is 2.33. The SMILES string of the molecule is CC(c1nc2c(c(NN)n1)CSC2)S(C)(=O)=O. The molecule has 1 aromatic rings. The predicted octanol–water partition coefficient (Wildman–Crippen LogP) is 0.615. The number of nitrogen functional groups attached to an aromatic ring is 1. The van der Waals surface area contributed by atoms with Crippen molar-refractivity contribution in [1.82, 2.24) is 9.97 Å². The number of fused-ring (bicyclic) bond motifs is 1. The number of rotatable bonds is 3. The van der Waals surface area contributed by atoms with Gasteiger partial charge in [0.05, 0.1) is 5.69 Å². The van der Waals surface area contributed by atoms with Gasteiger partial charge < -0.3 is 5.43 Å². The highest BCUT2D eigenvalue weighted by Gasteiger charge is 2.25. The number of nitrogens with two attached hydrogens (primary N) is 1. The summed E-state index contributed by atoms with van der Waals surface area (Å²) in [4.78, 5) is 8.51. The first-order valence-electron chi connectivity index (χ1n) is 5.06. The molecule has 0 aliphatic carbocycles. The Morgan fingerprint density at radius 3 is 2.71 bits per heavy atom. The number of nitrogens with zero attached hydrogens (tertiary/aromatic N) is 2. The number of hydrazine groups is 1. The molecule has 0 spiro atoms. The Hall–Kier alpha value is -0.860. The van der Waals surface area contributed by atoms with Crippen LogP contribution in [-0.4, -0.2) is 24.6 Å². The van der Waals surface area contributed by atoms with E-state index >= 15 is 0 Å². The van der Waals surface area contributed by atoms with Crippen LogP contribution in [0.25, 0.3) is 0 Å². The largest absolute Gasteiger partial charge is 0.308 e. The second-order valence-electron chi connectivity index (χ2n) is 3.96. The number of sulfone groups is 1. The smallest absolute Gasteiger partial charge is 0.157 e. The molecule has 1 aliphatic heterocycles. The Morgan fingerprint density at radius 2 is 2.12 bits per heavy atom. The Balaban J connectivity index is 2.51. The van der Waals surface area contributed by atoms with Gasteiger partial charge in [-0.25, -0.2) is 24.2 Å². The maximum absolute atomic E-state index is 11.5. The van der Waals surface area contributed by atoms with E-state index in [0.29, 0.717) is 11.6 Å². The van der Waals surface area contributed by atoms with E-state index in [9.17, 15) is 8.42 Å². The van der Waals surface area contributed by atoms with Crippen LogP contribution in [0.1, 0.15) is 29.3 Å². The van der Waals surface area contributed by atoms with E-state index < -0.39 is 15.1 Å². The zero-order chi connectivity index (χ0) is 12.6. The van der Waals surface area contributed by atoms with Crippen LogP contribution >= 0.6 is 11.8 Å². The van der Waals surface area contributed by atoms with E-state index in [2.05, 4.69) is 15.4 Å². The van der Waals surface area contributed by atoms with E-state index in [0.717, 1.165) is 22.8 Å². The number of nitrogens with one attached hydrogen (secondary N) is 1. The molecule has 0 radical (unpaired) electrons. The summed E-state index contributed by atoms with van der Waals surface area (Å²) in [6.07, 6.45) is 1.18. The van der Waals surface area contributed by atoms with Crippen LogP contribution in [0.4, 0.5) is 5.82 Å². The Morgan fingerprint density at radius 1 is 1.41 bits per heavy atom. The molecule has 3 N–H and O–H groups in total.